The van der Waals surface area contributed by atoms with Crippen LogP contribution in [0.25, 0.3) is 0 Å². The summed E-state index contributed by atoms with van der Waals surface area (Å²) < 4.78 is 10.4. The molecule has 0 amide bonds. The van der Waals surface area contributed by atoms with Crippen molar-refractivity contribution in [3.63, 3.8) is 0 Å². The minimum Gasteiger partial charge on any atom is -0.497 e. The molecule has 1 aliphatic rings. The maximum absolute atomic E-state index is 11.2. The van der Waals surface area contributed by atoms with E-state index in [1.54, 1.807) is 25.3 Å². The normalized spacial score (nSPS) is 16.5. The largest absolute Gasteiger partial charge is 0.497 e. The van der Waals surface area contributed by atoms with Crippen LogP contribution in [0.3, 0.4) is 0 Å². The summed E-state index contributed by atoms with van der Waals surface area (Å²) in [5, 5.41) is 9.17. The lowest BCUT2D eigenvalue weighted by atomic mass is 10.1. The molecule has 0 radical (unpaired) electrons. The van der Waals surface area contributed by atoms with Gasteiger partial charge in [-0.05, 0) is 23.8 Å². The van der Waals surface area contributed by atoms with Gasteiger partial charge in [-0.25, -0.2) is 4.79 Å². The minimum atomic E-state index is -0.902. The van der Waals surface area contributed by atoms with Gasteiger partial charge in [-0.15, -0.1) is 0 Å². The number of ether oxygens (including phenoxy) is 2. The average molecular weight is 251 g/mol. The van der Waals surface area contributed by atoms with Gasteiger partial charge in [0.1, 0.15) is 5.75 Å². The number of benzene rings is 1. The highest BCUT2D eigenvalue weighted by atomic mass is 16.5. The third kappa shape index (κ3) is 3.00. The van der Waals surface area contributed by atoms with E-state index in [0.29, 0.717) is 31.1 Å². The predicted molar refractivity (Wildman–Crippen MR) is 66.0 cm³/mol. The highest BCUT2D eigenvalue weighted by Crippen LogP contribution is 2.20. The molecule has 98 valence electrons. The zero-order valence-corrected chi connectivity index (χ0v) is 10.4. The number of morpholine rings is 1. The second-order valence-corrected chi connectivity index (χ2v) is 4.22. The molecule has 2 rings (SSSR count). The summed E-state index contributed by atoms with van der Waals surface area (Å²) in [6.07, 6.45) is 0. The van der Waals surface area contributed by atoms with Crippen LogP contribution >= 0.6 is 0 Å². The number of nitrogens with zero attached hydrogens (tertiary/aromatic N) is 1. The third-order valence-corrected chi connectivity index (χ3v) is 3.04. The van der Waals surface area contributed by atoms with Crippen molar-refractivity contribution in [3.8, 4) is 5.75 Å². The monoisotopic (exact) mass is 251 g/mol. The molecule has 18 heavy (non-hydrogen) atoms. The lowest BCUT2D eigenvalue weighted by Gasteiger charge is -2.27. The summed E-state index contributed by atoms with van der Waals surface area (Å²) in [5.41, 5.74) is 1.12. The zero-order valence-electron chi connectivity index (χ0n) is 10.4. The van der Waals surface area contributed by atoms with Gasteiger partial charge in [-0.1, -0.05) is 0 Å². The first-order valence-electron chi connectivity index (χ1n) is 5.91. The zero-order chi connectivity index (χ0) is 13.0. The molecule has 1 aliphatic heterocycles. The van der Waals surface area contributed by atoms with Crippen LogP contribution in [0.2, 0.25) is 0 Å². The van der Waals surface area contributed by atoms with Gasteiger partial charge in [0, 0.05) is 19.6 Å². The van der Waals surface area contributed by atoms with E-state index in [1.807, 2.05) is 0 Å². The number of carbonyl (C=O) groups is 1. The molecule has 1 heterocycles. The Kier molecular flexibility index (Phi) is 4.17. The van der Waals surface area contributed by atoms with Gasteiger partial charge in [0.25, 0.3) is 0 Å². The highest BCUT2D eigenvalue weighted by molar-refractivity contribution is 5.89. The maximum Gasteiger partial charge on any atom is 0.336 e. The van der Waals surface area contributed by atoms with E-state index >= 15 is 0 Å². The Bertz CT molecular complexity index is 427. The standard InChI is InChI=1S/C13H17NO4/c1-17-11-2-3-12(13(15)16)10(8-11)9-14-4-6-18-7-5-14/h2-3,8H,4-7,9H2,1H3,(H,15,16). The SMILES string of the molecule is COc1ccc(C(=O)O)c(CN2CCOCC2)c1. The highest BCUT2D eigenvalue weighted by Gasteiger charge is 2.16. The molecule has 0 saturated carbocycles. The number of carboxylic acids is 1. The number of aromatic carboxylic acids is 1. The number of carboxylic acid groups (broad SMARTS) is 1. The Labute approximate surface area is 106 Å². The average Bonchev–Trinajstić information content (AvgIpc) is 2.39. The molecule has 1 aromatic carbocycles. The number of methoxy groups -OCH3 is 1. The van der Waals surface area contributed by atoms with E-state index in [9.17, 15) is 9.90 Å². The van der Waals surface area contributed by atoms with Crippen LogP contribution < -0.4 is 4.74 Å². The fourth-order valence-electron chi connectivity index (χ4n) is 2.04. The molecule has 1 aromatic rings. The van der Waals surface area contributed by atoms with Crippen LogP contribution in [0.5, 0.6) is 5.75 Å². The van der Waals surface area contributed by atoms with Crippen molar-refractivity contribution in [3.05, 3.63) is 29.3 Å². The summed E-state index contributed by atoms with van der Waals surface area (Å²) in [6, 6.07) is 5.06. The van der Waals surface area contributed by atoms with Gasteiger partial charge < -0.3 is 14.6 Å². The Morgan fingerprint density at radius 3 is 2.78 bits per heavy atom. The minimum absolute atomic E-state index is 0.335. The van der Waals surface area contributed by atoms with Crippen molar-refractivity contribution in [2.75, 3.05) is 33.4 Å². The summed E-state index contributed by atoms with van der Waals surface area (Å²) in [7, 11) is 1.58. The smallest absolute Gasteiger partial charge is 0.336 e. The van der Waals surface area contributed by atoms with Crippen LogP contribution in [-0.4, -0.2) is 49.4 Å². The van der Waals surface area contributed by atoms with Gasteiger partial charge in [-0.2, -0.15) is 0 Å². The molecular weight excluding hydrogens is 234 g/mol. The second-order valence-electron chi connectivity index (χ2n) is 4.22. The molecular formula is C13H17NO4. The van der Waals surface area contributed by atoms with Crippen LogP contribution in [0.15, 0.2) is 18.2 Å². The molecule has 5 heteroatoms. The topological polar surface area (TPSA) is 59.0 Å². The van der Waals surface area contributed by atoms with E-state index in [4.69, 9.17) is 9.47 Å². The van der Waals surface area contributed by atoms with Crippen molar-refractivity contribution >= 4 is 5.97 Å². The van der Waals surface area contributed by atoms with Crippen molar-refractivity contribution < 1.29 is 19.4 Å². The molecule has 1 fully saturated rings. The van der Waals surface area contributed by atoms with E-state index in [1.165, 1.54) is 0 Å². The molecule has 0 aliphatic carbocycles. The number of rotatable bonds is 4. The first-order chi connectivity index (χ1) is 8.70. The summed E-state index contributed by atoms with van der Waals surface area (Å²) in [6.45, 7) is 3.67. The fraction of sp³-hybridized carbons (Fsp3) is 0.462. The van der Waals surface area contributed by atoms with Crippen molar-refractivity contribution in [1.82, 2.24) is 4.90 Å². The van der Waals surface area contributed by atoms with E-state index in [2.05, 4.69) is 4.90 Å². The van der Waals surface area contributed by atoms with Crippen LogP contribution in [0.1, 0.15) is 15.9 Å². The van der Waals surface area contributed by atoms with Crippen molar-refractivity contribution in [1.29, 1.82) is 0 Å². The van der Waals surface area contributed by atoms with Crippen LogP contribution in [0, 0.1) is 0 Å². The van der Waals surface area contributed by atoms with Gasteiger partial charge in [-0.3, -0.25) is 4.90 Å². The molecule has 0 unspecified atom stereocenters. The number of hydrogen-bond acceptors (Lipinski definition) is 4. The quantitative estimate of drug-likeness (QED) is 0.872. The predicted octanol–water partition coefficient (Wildman–Crippen LogP) is 1.23. The van der Waals surface area contributed by atoms with Gasteiger partial charge in [0.2, 0.25) is 0 Å². The molecule has 0 atom stereocenters. The Morgan fingerprint density at radius 1 is 1.44 bits per heavy atom. The number of hydrogen-bond donors (Lipinski definition) is 1. The molecule has 0 aromatic heterocycles. The second kappa shape index (κ2) is 5.84. The van der Waals surface area contributed by atoms with Crippen molar-refractivity contribution in [2.45, 2.75) is 6.54 Å². The maximum atomic E-state index is 11.2. The molecule has 1 N–H and O–H groups in total. The molecule has 0 spiro atoms. The first-order valence-corrected chi connectivity index (χ1v) is 5.91. The van der Waals surface area contributed by atoms with E-state index < -0.39 is 5.97 Å². The van der Waals surface area contributed by atoms with Crippen LogP contribution in [-0.2, 0) is 11.3 Å². The molecule has 0 bridgehead atoms. The molecule has 1 saturated heterocycles. The summed E-state index contributed by atoms with van der Waals surface area (Å²) >= 11 is 0. The van der Waals surface area contributed by atoms with E-state index in [-0.39, 0.29) is 0 Å². The Morgan fingerprint density at radius 2 is 2.17 bits per heavy atom. The summed E-state index contributed by atoms with van der Waals surface area (Å²) in [4.78, 5) is 13.4. The van der Waals surface area contributed by atoms with Gasteiger partial charge >= 0.3 is 5.97 Å². The Balaban J connectivity index is 2.19. The first kappa shape index (κ1) is 12.9. The summed E-state index contributed by atoms with van der Waals surface area (Å²) in [5.74, 6) is -0.218. The van der Waals surface area contributed by atoms with E-state index in [0.717, 1.165) is 18.7 Å². The third-order valence-electron chi connectivity index (χ3n) is 3.04. The fourth-order valence-corrected chi connectivity index (χ4v) is 2.04. The van der Waals surface area contributed by atoms with Crippen molar-refractivity contribution in [2.24, 2.45) is 0 Å². The lowest BCUT2D eigenvalue weighted by molar-refractivity contribution is 0.0339. The Hall–Kier alpha value is -1.59. The van der Waals surface area contributed by atoms with Gasteiger partial charge in [0.05, 0.1) is 25.9 Å². The van der Waals surface area contributed by atoms with Gasteiger partial charge in [0.15, 0.2) is 0 Å². The molecule has 5 nitrogen and oxygen atoms in total. The lowest BCUT2D eigenvalue weighted by Crippen LogP contribution is -2.36. The van der Waals surface area contributed by atoms with Crippen LogP contribution in [0.4, 0.5) is 0 Å².